The van der Waals surface area contributed by atoms with Gasteiger partial charge in [-0.25, -0.2) is 13.1 Å². The van der Waals surface area contributed by atoms with E-state index in [0.29, 0.717) is 5.56 Å². The van der Waals surface area contributed by atoms with Gasteiger partial charge in [0.05, 0.1) is 17.1 Å². The molecule has 1 heterocycles. The van der Waals surface area contributed by atoms with Crippen molar-refractivity contribution in [3.05, 3.63) is 59.9 Å². The van der Waals surface area contributed by atoms with Crippen LogP contribution in [-0.2, 0) is 16.6 Å². The lowest BCUT2D eigenvalue weighted by atomic mass is 9.96. The van der Waals surface area contributed by atoms with E-state index >= 15 is 0 Å². The summed E-state index contributed by atoms with van der Waals surface area (Å²) in [5.41, 5.74) is 1.05. The van der Waals surface area contributed by atoms with Gasteiger partial charge < -0.3 is 5.32 Å². The van der Waals surface area contributed by atoms with Crippen molar-refractivity contribution in [2.24, 2.45) is 0 Å². The van der Waals surface area contributed by atoms with Gasteiger partial charge in [0.25, 0.3) is 5.91 Å². The Labute approximate surface area is 154 Å². The smallest absolute Gasteiger partial charge is 0.251 e. The number of hydrogen-bond donors (Lipinski definition) is 2. The Hall–Kier alpha value is -2.25. The highest BCUT2D eigenvalue weighted by atomic mass is 32.2. The van der Waals surface area contributed by atoms with Crippen molar-refractivity contribution < 1.29 is 13.2 Å². The maximum Gasteiger partial charge on any atom is 0.251 e. The molecule has 2 N–H and O–H groups in total. The molecule has 0 unspecified atom stereocenters. The molecule has 138 valence electrons. The van der Waals surface area contributed by atoms with Crippen molar-refractivity contribution in [1.29, 1.82) is 0 Å². The highest BCUT2D eigenvalue weighted by Crippen LogP contribution is 2.20. The van der Waals surface area contributed by atoms with E-state index in [1.54, 1.807) is 24.4 Å². The van der Waals surface area contributed by atoms with Crippen LogP contribution in [-0.4, -0.2) is 25.4 Å². The van der Waals surface area contributed by atoms with Crippen LogP contribution < -0.4 is 10.0 Å². The molecule has 1 amide bonds. The van der Waals surface area contributed by atoms with E-state index in [0.717, 1.165) is 37.8 Å². The molecule has 1 fully saturated rings. The second kappa shape index (κ2) is 8.42. The molecule has 0 spiro atoms. The quantitative estimate of drug-likeness (QED) is 0.815. The molecule has 1 saturated carbocycles. The summed E-state index contributed by atoms with van der Waals surface area (Å²) in [5, 5.41) is 2.76. The van der Waals surface area contributed by atoms with Gasteiger partial charge in [-0.2, -0.15) is 0 Å². The molecule has 0 radical (unpaired) electrons. The lowest BCUT2D eigenvalue weighted by molar-refractivity contribution is 0.0950. The van der Waals surface area contributed by atoms with Crippen molar-refractivity contribution >= 4 is 15.9 Å². The van der Waals surface area contributed by atoms with E-state index in [-0.39, 0.29) is 23.4 Å². The number of hydrogen-bond acceptors (Lipinski definition) is 4. The van der Waals surface area contributed by atoms with Gasteiger partial charge in [0, 0.05) is 17.8 Å². The van der Waals surface area contributed by atoms with Crippen molar-refractivity contribution in [1.82, 2.24) is 15.0 Å². The number of aromatic nitrogens is 1. The summed E-state index contributed by atoms with van der Waals surface area (Å²) in [4.78, 5) is 16.6. The number of nitrogens with zero attached hydrogens (tertiary/aromatic N) is 1. The minimum absolute atomic E-state index is 0.0182. The summed E-state index contributed by atoms with van der Waals surface area (Å²) in [6, 6.07) is 11.6. The zero-order valence-corrected chi connectivity index (χ0v) is 15.3. The molecule has 0 saturated heterocycles. The first kappa shape index (κ1) is 18.5. The molecule has 1 aromatic carbocycles. The van der Waals surface area contributed by atoms with Gasteiger partial charge in [-0.05, 0) is 43.2 Å². The Balaban J connectivity index is 1.67. The highest BCUT2D eigenvalue weighted by molar-refractivity contribution is 7.89. The third-order valence-electron chi connectivity index (χ3n) is 4.49. The van der Waals surface area contributed by atoms with Gasteiger partial charge in [0.2, 0.25) is 10.0 Å². The van der Waals surface area contributed by atoms with Crippen LogP contribution in [0.5, 0.6) is 0 Å². The van der Waals surface area contributed by atoms with Crippen LogP contribution in [0.25, 0.3) is 0 Å². The topological polar surface area (TPSA) is 88.2 Å². The number of nitrogens with one attached hydrogen (secondary N) is 2. The maximum atomic E-state index is 12.6. The summed E-state index contributed by atoms with van der Waals surface area (Å²) in [6.07, 6.45) is 6.63. The van der Waals surface area contributed by atoms with Crippen LogP contribution in [0.2, 0.25) is 0 Å². The molecule has 1 aromatic heterocycles. The second-order valence-corrected chi connectivity index (χ2v) is 8.20. The van der Waals surface area contributed by atoms with Crippen LogP contribution in [0.1, 0.15) is 48.2 Å². The molecule has 0 bridgehead atoms. The molecule has 1 aliphatic rings. The minimum atomic E-state index is -3.63. The summed E-state index contributed by atoms with van der Waals surface area (Å²) in [6.45, 7) is 0.289. The van der Waals surface area contributed by atoms with Crippen molar-refractivity contribution in [3.63, 3.8) is 0 Å². The fourth-order valence-electron chi connectivity index (χ4n) is 3.09. The van der Waals surface area contributed by atoms with Gasteiger partial charge >= 0.3 is 0 Å². The average Bonchev–Trinajstić information content (AvgIpc) is 2.67. The summed E-state index contributed by atoms with van der Waals surface area (Å²) in [5.74, 6) is -0.328. The van der Waals surface area contributed by atoms with E-state index in [1.807, 2.05) is 12.1 Å². The maximum absolute atomic E-state index is 12.6. The highest BCUT2D eigenvalue weighted by Gasteiger charge is 2.22. The largest absolute Gasteiger partial charge is 0.346 e. The number of benzene rings is 1. The van der Waals surface area contributed by atoms with Crippen LogP contribution in [0.15, 0.2) is 53.6 Å². The molecule has 2 aromatic rings. The monoisotopic (exact) mass is 373 g/mol. The van der Waals surface area contributed by atoms with Crippen LogP contribution in [0, 0.1) is 0 Å². The molecule has 7 heteroatoms. The summed E-state index contributed by atoms with van der Waals surface area (Å²) in [7, 11) is -3.63. The third kappa shape index (κ3) is 4.89. The van der Waals surface area contributed by atoms with E-state index in [2.05, 4.69) is 15.0 Å². The van der Waals surface area contributed by atoms with Gasteiger partial charge in [-0.3, -0.25) is 9.78 Å². The fraction of sp³-hybridized carbons (Fsp3) is 0.368. The Morgan fingerprint density at radius 1 is 1.08 bits per heavy atom. The second-order valence-electron chi connectivity index (χ2n) is 6.49. The van der Waals surface area contributed by atoms with Crippen molar-refractivity contribution in [2.75, 3.05) is 0 Å². The van der Waals surface area contributed by atoms with Crippen molar-refractivity contribution in [2.45, 2.75) is 49.6 Å². The zero-order valence-electron chi connectivity index (χ0n) is 14.5. The van der Waals surface area contributed by atoms with Gasteiger partial charge in [0.1, 0.15) is 0 Å². The first-order valence-electron chi connectivity index (χ1n) is 8.85. The number of sulfonamides is 1. The average molecular weight is 373 g/mol. The van der Waals surface area contributed by atoms with Crippen LogP contribution >= 0.6 is 0 Å². The summed E-state index contributed by atoms with van der Waals surface area (Å²) >= 11 is 0. The Bertz CT molecular complexity index is 847. The third-order valence-corrected chi connectivity index (χ3v) is 6.01. The predicted octanol–water partition coefficient (Wildman–Crippen LogP) is 2.62. The SMILES string of the molecule is O=C(NCc1ccccn1)c1cccc(S(=O)(=O)NC2CCCCC2)c1. The van der Waals surface area contributed by atoms with Crippen LogP contribution in [0.4, 0.5) is 0 Å². The zero-order chi connectivity index (χ0) is 18.4. The Morgan fingerprint density at radius 3 is 2.62 bits per heavy atom. The number of pyridine rings is 1. The van der Waals surface area contributed by atoms with E-state index < -0.39 is 10.0 Å². The van der Waals surface area contributed by atoms with Crippen molar-refractivity contribution in [3.8, 4) is 0 Å². The molecule has 0 aliphatic heterocycles. The normalized spacial score (nSPS) is 15.5. The Kier molecular flexibility index (Phi) is 6.00. The lowest BCUT2D eigenvalue weighted by Gasteiger charge is -2.22. The van der Waals surface area contributed by atoms with E-state index in [4.69, 9.17) is 0 Å². The van der Waals surface area contributed by atoms with Gasteiger partial charge in [-0.15, -0.1) is 0 Å². The molecule has 0 atom stereocenters. The molecule has 26 heavy (non-hydrogen) atoms. The van der Waals surface area contributed by atoms with Gasteiger partial charge in [0.15, 0.2) is 0 Å². The molecular formula is C19H23N3O3S. The standard InChI is InChI=1S/C19H23N3O3S/c23-19(21-14-17-10-4-5-12-20-17)15-7-6-11-18(13-15)26(24,25)22-16-8-2-1-3-9-16/h4-7,10-13,16,22H,1-3,8-9,14H2,(H,21,23). The molecule has 3 rings (SSSR count). The molecular weight excluding hydrogens is 350 g/mol. The molecule has 1 aliphatic carbocycles. The number of carbonyl (C=O) groups is 1. The minimum Gasteiger partial charge on any atom is -0.346 e. The number of amides is 1. The first-order chi connectivity index (χ1) is 12.5. The summed E-state index contributed by atoms with van der Waals surface area (Å²) < 4.78 is 28.0. The van der Waals surface area contributed by atoms with E-state index in [1.165, 1.54) is 12.1 Å². The fourth-order valence-corrected chi connectivity index (χ4v) is 4.44. The van der Waals surface area contributed by atoms with Crippen LogP contribution in [0.3, 0.4) is 0 Å². The van der Waals surface area contributed by atoms with Gasteiger partial charge in [-0.1, -0.05) is 31.4 Å². The Morgan fingerprint density at radius 2 is 1.88 bits per heavy atom. The van der Waals surface area contributed by atoms with E-state index in [9.17, 15) is 13.2 Å². The number of rotatable bonds is 6. The predicted molar refractivity (Wildman–Crippen MR) is 99.0 cm³/mol. The lowest BCUT2D eigenvalue weighted by Crippen LogP contribution is -2.36. The number of carbonyl (C=O) groups excluding carboxylic acids is 1. The first-order valence-corrected chi connectivity index (χ1v) is 10.3. The molecule has 6 nitrogen and oxygen atoms in total.